The standard InChI is InChI=1S/C10H19NO2/c1-10(2,3)8-7(9(12)13)5-6-11(8)4/h7-8H,5-6H2,1-4H3,(H,12,13). The first-order valence-electron chi connectivity index (χ1n) is 4.77. The van der Waals surface area contributed by atoms with E-state index < -0.39 is 5.97 Å². The molecule has 13 heavy (non-hydrogen) atoms. The molecule has 0 bridgehead atoms. The van der Waals surface area contributed by atoms with Crippen molar-refractivity contribution in [2.24, 2.45) is 11.3 Å². The molecule has 1 aliphatic heterocycles. The average Bonchev–Trinajstić information content (AvgIpc) is 2.28. The molecule has 0 aromatic carbocycles. The lowest BCUT2D eigenvalue weighted by molar-refractivity contribution is -0.143. The average molecular weight is 185 g/mol. The van der Waals surface area contributed by atoms with Gasteiger partial charge in [-0.25, -0.2) is 0 Å². The summed E-state index contributed by atoms with van der Waals surface area (Å²) in [6.45, 7) is 7.22. The Balaban J connectivity index is 2.83. The van der Waals surface area contributed by atoms with Crippen molar-refractivity contribution in [1.82, 2.24) is 4.90 Å². The summed E-state index contributed by atoms with van der Waals surface area (Å²) in [5.74, 6) is -0.839. The lowest BCUT2D eigenvalue weighted by Crippen LogP contribution is -2.43. The second-order valence-electron chi connectivity index (χ2n) is 5.02. The summed E-state index contributed by atoms with van der Waals surface area (Å²) in [4.78, 5) is 13.1. The Kier molecular flexibility index (Phi) is 2.66. The Morgan fingerprint density at radius 2 is 2.00 bits per heavy atom. The first kappa shape index (κ1) is 10.5. The molecular weight excluding hydrogens is 166 g/mol. The minimum atomic E-state index is -0.649. The lowest BCUT2D eigenvalue weighted by atomic mass is 9.79. The number of nitrogens with zero attached hydrogens (tertiary/aromatic N) is 1. The highest BCUT2D eigenvalue weighted by molar-refractivity contribution is 5.71. The number of rotatable bonds is 1. The highest BCUT2D eigenvalue weighted by Gasteiger charge is 2.43. The van der Waals surface area contributed by atoms with Crippen molar-refractivity contribution in [2.45, 2.75) is 33.2 Å². The molecule has 1 rings (SSSR count). The molecule has 0 radical (unpaired) electrons. The molecule has 0 amide bonds. The highest BCUT2D eigenvalue weighted by atomic mass is 16.4. The summed E-state index contributed by atoms with van der Waals surface area (Å²) < 4.78 is 0. The van der Waals surface area contributed by atoms with Crippen molar-refractivity contribution in [3.05, 3.63) is 0 Å². The number of likely N-dealkylation sites (tertiary alicyclic amines) is 1. The molecule has 0 saturated carbocycles. The molecular formula is C10H19NO2. The molecule has 2 atom stereocenters. The molecule has 3 nitrogen and oxygen atoms in total. The summed E-state index contributed by atoms with van der Waals surface area (Å²) >= 11 is 0. The predicted octanol–water partition coefficient (Wildman–Crippen LogP) is 1.44. The largest absolute Gasteiger partial charge is 0.481 e. The zero-order valence-electron chi connectivity index (χ0n) is 8.87. The van der Waals surface area contributed by atoms with Gasteiger partial charge in [0.05, 0.1) is 5.92 Å². The summed E-state index contributed by atoms with van der Waals surface area (Å²) in [6, 6.07) is 0.171. The SMILES string of the molecule is CN1CCC(C(=O)O)C1C(C)(C)C. The van der Waals surface area contributed by atoms with E-state index in [2.05, 4.69) is 25.7 Å². The Bertz CT molecular complexity index is 207. The molecule has 1 fully saturated rings. The van der Waals surface area contributed by atoms with Gasteiger partial charge in [-0.2, -0.15) is 0 Å². The number of carboxylic acids is 1. The molecule has 0 spiro atoms. The minimum Gasteiger partial charge on any atom is -0.481 e. The van der Waals surface area contributed by atoms with Gasteiger partial charge in [0.1, 0.15) is 0 Å². The van der Waals surface area contributed by atoms with Gasteiger partial charge in [-0.3, -0.25) is 4.79 Å². The quantitative estimate of drug-likeness (QED) is 0.672. The van der Waals surface area contributed by atoms with Crippen LogP contribution in [0.4, 0.5) is 0 Å². The van der Waals surface area contributed by atoms with Crippen LogP contribution in [0.2, 0.25) is 0 Å². The van der Waals surface area contributed by atoms with E-state index in [1.807, 2.05) is 7.05 Å². The molecule has 1 heterocycles. The first-order chi connectivity index (χ1) is 5.84. The van der Waals surface area contributed by atoms with Crippen LogP contribution in [0.25, 0.3) is 0 Å². The van der Waals surface area contributed by atoms with E-state index in [-0.39, 0.29) is 17.4 Å². The summed E-state index contributed by atoms with van der Waals surface area (Å²) in [7, 11) is 2.01. The number of hydrogen-bond acceptors (Lipinski definition) is 2. The second kappa shape index (κ2) is 3.29. The van der Waals surface area contributed by atoms with E-state index in [9.17, 15) is 4.79 Å². The summed E-state index contributed by atoms with van der Waals surface area (Å²) in [5, 5.41) is 9.04. The predicted molar refractivity (Wildman–Crippen MR) is 51.6 cm³/mol. The Morgan fingerprint density at radius 1 is 1.46 bits per heavy atom. The van der Waals surface area contributed by atoms with Gasteiger partial charge in [0.15, 0.2) is 0 Å². The molecule has 3 heteroatoms. The van der Waals surface area contributed by atoms with Crippen LogP contribution in [-0.4, -0.2) is 35.6 Å². The second-order valence-corrected chi connectivity index (χ2v) is 5.02. The van der Waals surface area contributed by atoms with E-state index in [0.29, 0.717) is 0 Å². The van der Waals surface area contributed by atoms with Crippen molar-refractivity contribution < 1.29 is 9.90 Å². The van der Waals surface area contributed by atoms with Crippen LogP contribution in [0, 0.1) is 11.3 Å². The smallest absolute Gasteiger partial charge is 0.308 e. The normalized spacial score (nSPS) is 30.8. The van der Waals surface area contributed by atoms with Crippen LogP contribution in [0.1, 0.15) is 27.2 Å². The first-order valence-corrected chi connectivity index (χ1v) is 4.77. The molecule has 1 aliphatic rings. The molecule has 1 saturated heterocycles. The van der Waals surface area contributed by atoms with Gasteiger partial charge in [-0.05, 0) is 25.4 Å². The fourth-order valence-electron chi connectivity index (χ4n) is 2.47. The third-order valence-electron chi connectivity index (χ3n) is 2.85. The van der Waals surface area contributed by atoms with Crippen molar-refractivity contribution in [3.8, 4) is 0 Å². The molecule has 76 valence electrons. The van der Waals surface area contributed by atoms with Gasteiger partial charge in [-0.15, -0.1) is 0 Å². The van der Waals surface area contributed by atoms with Gasteiger partial charge >= 0.3 is 5.97 Å². The molecule has 0 aliphatic carbocycles. The van der Waals surface area contributed by atoms with Gasteiger partial charge < -0.3 is 10.0 Å². The van der Waals surface area contributed by atoms with E-state index in [1.54, 1.807) is 0 Å². The topological polar surface area (TPSA) is 40.5 Å². The minimum absolute atomic E-state index is 0.0499. The van der Waals surface area contributed by atoms with E-state index in [4.69, 9.17) is 5.11 Å². The molecule has 2 unspecified atom stereocenters. The van der Waals surface area contributed by atoms with Gasteiger partial charge in [-0.1, -0.05) is 20.8 Å². The van der Waals surface area contributed by atoms with E-state index in [0.717, 1.165) is 13.0 Å². The van der Waals surface area contributed by atoms with Crippen LogP contribution >= 0.6 is 0 Å². The zero-order chi connectivity index (χ0) is 10.2. The zero-order valence-corrected chi connectivity index (χ0v) is 8.87. The maximum absolute atomic E-state index is 11.0. The van der Waals surface area contributed by atoms with Crippen LogP contribution in [0.15, 0.2) is 0 Å². The number of carbonyl (C=O) groups is 1. The van der Waals surface area contributed by atoms with Gasteiger partial charge in [0.2, 0.25) is 0 Å². The van der Waals surface area contributed by atoms with Crippen molar-refractivity contribution >= 4 is 5.97 Å². The Morgan fingerprint density at radius 3 is 2.31 bits per heavy atom. The van der Waals surface area contributed by atoms with Gasteiger partial charge in [0, 0.05) is 6.04 Å². The van der Waals surface area contributed by atoms with Crippen molar-refractivity contribution in [3.63, 3.8) is 0 Å². The van der Waals surface area contributed by atoms with E-state index >= 15 is 0 Å². The van der Waals surface area contributed by atoms with Crippen LogP contribution in [0.3, 0.4) is 0 Å². The summed E-state index contributed by atoms with van der Waals surface area (Å²) in [5.41, 5.74) is 0.0499. The Labute approximate surface area is 79.7 Å². The maximum atomic E-state index is 11.0. The fourth-order valence-corrected chi connectivity index (χ4v) is 2.47. The maximum Gasteiger partial charge on any atom is 0.308 e. The monoisotopic (exact) mass is 185 g/mol. The highest BCUT2D eigenvalue weighted by Crippen LogP contribution is 2.35. The third kappa shape index (κ3) is 2.02. The molecule has 0 aromatic rings. The van der Waals surface area contributed by atoms with Crippen molar-refractivity contribution in [2.75, 3.05) is 13.6 Å². The lowest BCUT2D eigenvalue weighted by Gasteiger charge is -2.35. The van der Waals surface area contributed by atoms with E-state index in [1.165, 1.54) is 0 Å². The van der Waals surface area contributed by atoms with Crippen LogP contribution < -0.4 is 0 Å². The number of carboxylic acid groups (broad SMARTS) is 1. The van der Waals surface area contributed by atoms with Gasteiger partial charge in [0.25, 0.3) is 0 Å². The number of hydrogen-bond donors (Lipinski definition) is 1. The Hall–Kier alpha value is -0.570. The number of aliphatic carboxylic acids is 1. The fraction of sp³-hybridized carbons (Fsp3) is 0.900. The molecule has 1 N–H and O–H groups in total. The third-order valence-corrected chi connectivity index (χ3v) is 2.85. The molecule has 0 aromatic heterocycles. The van der Waals surface area contributed by atoms with Crippen LogP contribution in [0.5, 0.6) is 0 Å². The van der Waals surface area contributed by atoms with Crippen molar-refractivity contribution in [1.29, 1.82) is 0 Å². The van der Waals surface area contributed by atoms with Crippen LogP contribution in [-0.2, 0) is 4.79 Å². The summed E-state index contributed by atoms with van der Waals surface area (Å²) in [6.07, 6.45) is 0.785.